The highest BCUT2D eigenvalue weighted by molar-refractivity contribution is 5.91. The van der Waals surface area contributed by atoms with Crippen molar-refractivity contribution in [1.29, 1.82) is 0 Å². The number of nitrogens with zero attached hydrogens (tertiary/aromatic N) is 1. The number of aromatic nitrogens is 1. The first-order valence-corrected chi connectivity index (χ1v) is 5.27. The summed E-state index contributed by atoms with van der Waals surface area (Å²) in [5.41, 5.74) is 0.126. The highest BCUT2D eigenvalue weighted by Crippen LogP contribution is 2.21. The molecule has 0 aliphatic heterocycles. The number of amides is 1. The largest absolute Gasteiger partial charge is 0.393 e. The molecule has 0 aliphatic carbocycles. The summed E-state index contributed by atoms with van der Waals surface area (Å²) in [6, 6.07) is 1.51. The van der Waals surface area contributed by atoms with Gasteiger partial charge >= 0.3 is 0 Å². The molecule has 1 atom stereocenters. The van der Waals surface area contributed by atoms with Gasteiger partial charge in [0.15, 0.2) is 5.69 Å². The zero-order chi connectivity index (χ0) is 12.2. The Bertz CT molecular complexity index is 331. The fraction of sp³-hybridized carbons (Fsp3) is 0.636. The van der Waals surface area contributed by atoms with E-state index in [4.69, 9.17) is 0 Å². The van der Waals surface area contributed by atoms with Gasteiger partial charge in [-0.15, -0.1) is 0 Å². The van der Waals surface area contributed by atoms with Crippen LogP contribution in [0.2, 0.25) is 0 Å². The molecule has 1 amide bonds. The Morgan fingerprint density at radius 1 is 1.69 bits per heavy atom. The second-order valence-corrected chi connectivity index (χ2v) is 4.78. The maximum Gasteiger partial charge on any atom is 0.273 e. The molecule has 2 N–H and O–H groups in total. The van der Waals surface area contributed by atoms with E-state index in [2.05, 4.69) is 15.0 Å². The van der Waals surface area contributed by atoms with Gasteiger partial charge in [-0.3, -0.25) is 4.79 Å². The molecule has 1 aromatic rings. The number of carbonyl (C=O) groups excluding carboxylic acids is 1. The minimum absolute atomic E-state index is 0.145. The van der Waals surface area contributed by atoms with Gasteiger partial charge in [-0.05, 0) is 18.8 Å². The zero-order valence-electron chi connectivity index (χ0n) is 9.86. The minimum atomic E-state index is -0.376. The number of nitrogens with one attached hydrogen (secondary N) is 1. The van der Waals surface area contributed by atoms with E-state index in [1.54, 1.807) is 6.92 Å². The lowest BCUT2D eigenvalue weighted by atomic mass is 9.87. The Balaban J connectivity index is 2.42. The Labute approximate surface area is 94.8 Å². The number of aliphatic hydroxyl groups excluding tert-OH is 1. The summed E-state index contributed by atoms with van der Waals surface area (Å²) in [6.07, 6.45) is 1.61. The van der Waals surface area contributed by atoms with Gasteiger partial charge in [0.1, 0.15) is 6.26 Å². The summed E-state index contributed by atoms with van der Waals surface area (Å²) in [7, 11) is 0. The van der Waals surface area contributed by atoms with Crippen molar-refractivity contribution in [1.82, 2.24) is 10.5 Å². The summed E-state index contributed by atoms with van der Waals surface area (Å²) < 4.78 is 4.58. The van der Waals surface area contributed by atoms with Crippen LogP contribution in [0.4, 0.5) is 0 Å². The molecule has 5 nitrogen and oxygen atoms in total. The average Bonchev–Trinajstić information content (AvgIpc) is 2.64. The highest BCUT2D eigenvalue weighted by atomic mass is 16.5. The lowest BCUT2D eigenvalue weighted by Crippen LogP contribution is -2.35. The van der Waals surface area contributed by atoms with Crippen molar-refractivity contribution < 1.29 is 14.4 Å². The molecule has 5 heteroatoms. The Hall–Kier alpha value is -1.36. The molecule has 0 saturated heterocycles. The molecule has 0 saturated carbocycles. The van der Waals surface area contributed by atoms with Crippen LogP contribution in [0, 0.1) is 5.41 Å². The number of hydrogen-bond acceptors (Lipinski definition) is 4. The van der Waals surface area contributed by atoms with Gasteiger partial charge in [0, 0.05) is 12.6 Å². The quantitative estimate of drug-likeness (QED) is 0.791. The molecule has 0 spiro atoms. The van der Waals surface area contributed by atoms with Crippen LogP contribution in [-0.4, -0.2) is 28.8 Å². The topological polar surface area (TPSA) is 75.4 Å². The Morgan fingerprint density at radius 2 is 2.38 bits per heavy atom. The Morgan fingerprint density at radius 3 is 2.88 bits per heavy atom. The lowest BCUT2D eigenvalue weighted by molar-refractivity contribution is 0.0893. The molecule has 1 heterocycles. The van der Waals surface area contributed by atoms with E-state index in [1.807, 2.05) is 13.8 Å². The summed E-state index contributed by atoms with van der Waals surface area (Å²) in [4.78, 5) is 11.5. The van der Waals surface area contributed by atoms with Crippen LogP contribution in [-0.2, 0) is 0 Å². The van der Waals surface area contributed by atoms with E-state index in [1.165, 1.54) is 12.3 Å². The van der Waals surface area contributed by atoms with Gasteiger partial charge in [0.25, 0.3) is 5.91 Å². The van der Waals surface area contributed by atoms with Crippen molar-refractivity contribution in [3.8, 4) is 0 Å². The van der Waals surface area contributed by atoms with E-state index in [-0.39, 0.29) is 23.1 Å². The minimum Gasteiger partial charge on any atom is -0.393 e. The molecule has 90 valence electrons. The van der Waals surface area contributed by atoms with E-state index in [0.717, 1.165) is 0 Å². The number of rotatable bonds is 5. The smallest absolute Gasteiger partial charge is 0.273 e. The van der Waals surface area contributed by atoms with Crippen molar-refractivity contribution >= 4 is 5.91 Å². The average molecular weight is 226 g/mol. The van der Waals surface area contributed by atoms with Gasteiger partial charge < -0.3 is 14.9 Å². The molecule has 0 bridgehead atoms. The summed E-state index contributed by atoms with van der Waals surface area (Å²) in [5, 5.41) is 15.6. The van der Waals surface area contributed by atoms with Crippen molar-refractivity contribution in [2.45, 2.75) is 33.3 Å². The van der Waals surface area contributed by atoms with Crippen molar-refractivity contribution in [2.75, 3.05) is 6.54 Å². The SMILES string of the molecule is CC(O)CC(C)(C)CNC(=O)c1ccon1. The fourth-order valence-corrected chi connectivity index (χ4v) is 1.61. The first-order chi connectivity index (χ1) is 7.41. The van der Waals surface area contributed by atoms with Gasteiger partial charge in [0.2, 0.25) is 0 Å². The van der Waals surface area contributed by atoms with E-state index in [9.17, 15) is 9.90 Å². The third-order valence-electron chi connectivity index (χ3n) is 2.25. The predicted octanol–water partition coefficient (Wildman–Crippen LogP) is 1.20. The van der Waals surface area contributed by atoms with Crippen molar-refractivity contribution in [2.24, 2.45) is 5.41 Å². The first-order valence-electron chi connectivity index (χ1n) is 5.27. The van der Waals surface area contributed by atoms with Crippen LogP contribution in [0.1, 0.15) is 37.7 Å². The number of carbonyl (C=O) groups is 1. The van der Waals surface area contributed by atoms with Crippen LogP contribution in [0.25, 0.3) is 0 Å². The summed E-state index contributed by atoms with van der Waals surface area (Å²) >= 11 is 0. The highest BCUT2D eigenvalue weighted by Gasteiger charge is 2.21. The van der Waals surface area contributed by atoms with Crippen LogP contribution in [0.15, 0.2) is 16.9 Å². The molecule has 0 radical (unpaired) electrons. The van der Waals surface area contributed by atoms with E-state index in [0.29, 0.717) is 13.0 Å². The normalized spacial score (nSPS) is 13.5. The molecule has 1 aromatic heterocycles. The molecule has 16 heavy (non-hydrogen) atoms. The Kier molecular flexibility index (Phi) is 4.06. The molecular weight excluding hydrogens is 208 g/mol. The van der Waals surface area contributed by atoms with Crippen LogP contribution < -0.4 is 5.32 Å². The third kappa shape index (κ3) is 4.02. The van der Waals surface area contributed by atoms with Crippen molar-refractivity contribution in [3.63, 3.8) is 0 Å². The van der Waals surface area contributed by atoms with Crippen molar-refractivity contribution in [3.05, 3.63) is 18.0 Å². The van der Waals surface area contributed by atoms with Gasteiger partial charge in [-0.25, -0.2) is 0 Å². The van der Waals surface area contributed by atoms with Gasteiger partial charge in [-0.1, -0.05) is 19.0 Å². The fourth-order valence-electron chi connectivity index (χ4n) is 1.61. The maximum atomic E-state index is 11.5. The van der Waals surface area contributed by atoms with Gasteiger partial charge in [0.05, 0.1) is 6.10 Å². The lowest BCUT2D eigenvalue weighted by Gasteiger charge is -2.26. The third-order valence-corrected chi connectivity index (χ3v) is 2.25. The van der Waals surface area contributed by atoms with E-state index < -0.39 is 0 Å². The van der Waals surface area contributed by atoms with Gasteiger partial charge in [-0.2, -0.15) is 0 Å². The first kappa shape index (κ1) is 12.7. The molecule has 0 aliphatic rings. The maximum absolute atomic E-state index is 11.5. The predicted molar refractivity (Wildman–Crippen MR) is 58.9 cm³/mol. The number of hydrogen-bond donors (Lipinski definition) is 2. The standard InChI is InChI=1S/C11H18N2O3/c1-8(14)6-11(2,3)7-12-10(15)9-4-5-16-13-9/h4-5,8,14H,6-7H2,1-3H3,(H,12,15). The molecule has 0 aromatic carbocycles. The second-order valence-electron chi connectivity index (χ2n) is 4.78. The molecule has 1 rings (SSSR count). The van der Waals surface area contributed by atoms with Crippen LogP contribution >= 0.6 is 0 Å². The van der Waals surface area contributed by atoms with E-state index >= 15 is 0 Å². The summed E-state index contributed by atoms with van der Waals surface area (Å²) in [5.74, 6) is -0.257. The second kappa shape index (κ2) is 5.12. The summed E-state index contributed by atoms with van der Waals surface area (Å²) in [6.45, 7) is 6.20. The zero-order valence-corrected chi connectivity index (χ0v) is 9.86. The molecule has 1 unspecified atom stereocenters. The van der Waals surface area contributed by atoms with Crippen LogP contribution in [0.3, 0.4) is 0 Å². The molecule has 0 fully saturated rings. The number of aliphatic hydroxyl groups is 1. The molecular formula is C11H18N2O3. The van der Waals surface area contributed by atoms with Crippen LogP contribution in [0.5, 0.6) is 0 Å². The monoisotopic (exact) mass is 226 g/mol.